The van der Waals surface area contributed by atoms with E-state index < -0.39 is 10.0 Å². The average Bonchev–Trinajstić information content (AvgIpc) is 2.75. The molecule has 0 saturated carbocycles. The molecule has 0 radical (unpaired) electrons. The quantitative estimate of drug-likeness (QED) is 0.638. The van der Waals surface area contributed by atoms with Gasteiger partial charge in [-0.05, 0) is 44.0 Å². The first kappa shape index (κ1) is 20.2. The van der Waals surface area contributed by atoms with E-state index in [1.54, 1.807) is 18.3 Å². The first-order valence-electron chi connectivity index (χ1n) is 9.67. The second-order valence-corrected chi connectivity index (χ2v) is 9.36. The van der Waals surface area contributed by atoms with Crippen LogP contribution in [-0.4, -0.2) is 54.1 Å². The summed E-state index contributed by atoms with van der Waals surface area (Å²) < 4.78 is 28.1. The lowest BCUT2D eigenvalue weighted by Gasteiger charge is -2.35. The Balaban J connectivity index is 1.61. The fourth-order valence-electron chi connectivity index (χ4n) is 3.68. The molecule has 1 aromatic carbocycles. The van der Waals surface area contributed by atoms with Gasteiger partial charge in [0.2, 0.25) is 10.0 Å². The Morgan fingerprint density at radius 1 is 1.07 bits per heavy atom. The van der Waals surface area contributed by atoms with E-state index in [0.717, 1.165) is 22.2 Å². The predicted octanol–water partition coefficient (Wildman–Crippen LogP) is 2.33. The molecule has 1 saturated heterocycles. The third kappa shape index (κ3) is 3.38. The van der Waals surface area contributed by atoms with E-state index in [4.69, 9.17) is 0 Å². The molecule has 4 rings (SSSR count). The molecule has 0 N–H and O–H groups in total. The zero-order chi connectivity index (χ0) is 21.5. The standard InChI is InChI=1S/C21H22N6O2S/c1-14-11-17-5-4-6-19(20(17)23-13-14)30(28,29)27-9-7-26(8-10-27)21-18(12-22)15(2)16(3)24-25-21/h4-6,11,13H,7-10H2,1-3H3. The number of para-hydroxylation sites is 1. The first-order chi connectivity index (χ1) is 14.3. The number of rotatable bonds is 3. The minimum Gasteiger partial charge on any atom is -0.351 e. The highest BCUT2D eigenvalue weighted by atomic mass is 32.2. The Labute approximate surface area is 175 Å². The molecule has 0 atom stereocenters. The van der Waals surface area contributed by atoms with E-state index in [0.29, 0.717) is 43.1 Å². The lowest BCUT2D eigenvalue weighted by molar-refractivity contribution is 0.383. The Kier molecular flexibility index (Phi) is 5.13. The minimum atomic E-state index is -3.69. The Morgan fingerprint density at radius 2 is 1.80 bits per heavy atom. The third-order valence-electron chi connectivity index (χ3n) is 5.51. The van der Waals surface area contributed by atoms with Gasteiger partial charge in [0, 0.05) is 37.8 Å². The molecule has 9 heteroatoms. The van der Waals surface area contributed by atoms with Gasteiger partial charge in [-0.25, -0.2) is 8.42 Å². The summed E-state index contributed by atoms with van der Waals surface area (Å²) in [5.74, 6) is 0.514. The summed E-state index contributed by atoms with van der Waals surface area (Å²) in [6, 6.07) is 9.36. The number of benzene rings is 1. The number of hydrogen-bond donors (Lipinski definition) is 0. The molecule has 0 bridgehead atoms. The van der Waals surface area contributed by atoms with Gasteiger partial charge >= 0.3 is 0 Å². The van der Waals surface area contributed by atoms with Crippen LogP contribution in [0.25, 0.3) is 10.9 Å². The van der Waals surface area contributed by atoms with Crippen molar-refractivity contribution in [3.63, 3.8) is 0 Å². The van der Waals surface area contributed by atoms with Gasteiger partial charge in [-0.15, -0.1) is 5.10 Å². The van der Waals surface area contributed by atoms with E-state index in [1.165, 1.54) is 4.31 Å². The predicted molar refractivity (Wildman–Crippen MR) is 114 cm³/mol. The number of aromatic nitrogens is 3. The van der Waals surface area contributed by atoms with Crippen LogP contribution in [0.3, 0.4) is 0 Å². The molecular weight excluding hydrogens is 400 g/mol. The van der Waals surface area contributed by atoms with Gasteiger partial charge in [-0.3, -0.25) is 4.98 Å². The van der Waals surface area contributed by atoms with Crippen molar-refractivity contribution < 1.29 is 8.42 Å². The second-order valence-electron chi connectivity index (χ2n) is 7.45. The maximum absolute atomic E-state index is 13.3. The monoisotopic (exact) mass is 422 g/mol. The van der Waals surface area contributed by atoms with Gasteiger partial charge in [0.15, 0.2) is 5.82 Å². The molecule has 30 heavy (non-hydrogen) atoms. The molecule has 0 aliphatic carbocycles. The van der Waals surface area contributed by atoms with Crippen molar-refractivity contribution in [1.82, 2.24) is 19.5 Å². The highest BCUT2D eigenvalue weighted by Crippen LogP contribution is 2.27. The molecule has 154 valence electrons. The Bertz CT molecular complexity index is 1270. The van der Waals surface area contributed by atoms with Crippen LogP contribution >= 0.6 is 0 Å². The maximum Gasteiger partial charge on any atom is 0.245 e. The van der Waals surface area contributed by atoms with Crippen molar-refractivity contribution in [2.45, 2.75) is 25.7 Å². The summed E-state index contributed by atoms with van der Waals surface area (Å²) in [6.45, 7) is 7.05. The van der Waals surface area contributed by atoms with Gasteiger partial charge < -0.3 is 4.90 Å². The van der Waals surface area contributed by atoms with E-state index in [1.807, 2.05) is 37.8 Å². The number of nitriles is 1. The highest BCUT2D eigenvalue weighted by Gasteiger charge is 2.31. The smallest absolute Gasteiger partial charge is 0.245 e. The Hall–Kier alpha value is -3.09. The van der Waals surface area contributed by atoms with Crippen molar-refractivity contribution in [1.29, 1.82) is 5.26 Å². The first-order valence-corrected chi connectivity index (χ1v) is 11.1. The van der Waals surface area contributed by atoms with E-state index in [2.05, 4.69) is 21.3 Å². The number of pyridine rings is 1. The molecule has 2 aromatic heterocycles. The van der Waals surface area contributed by atoms with Crippen LogP contribution in [0.15, 0.2) is 35.4 Å². The second kappa shape index (κ2) is 7.63. The summed E-state index contributed by atoms with van der Waals surface area (Å²) in [7, 11) is -3.69. The number of piperazine rings is 1. The largest absolute Gasteiger partial charge is 0.351 e. The topological polar surface area (TPSA) is 103 Å². The number of sulfonamides is 1. The van der Waals surface area contributed by atoms with Gasteiger partial charge in [0.25, 0.3) is 0 Å². The van der Waals surface area contributed by atoms with Crippen LogP contribution in [0.1, 0.15) is 22.4 Å². The van der Waals surface area contributed by atoms with Crippen molar-refractivity contribution in [3.8, 4) is 6.07 Å². The molecule has 1 aliphatic rings. The molecule has 1 aliphatic heterocycles. The zero-order valence-electron chi connectivity index (χ0n) is 17.1. The van der Waals surface area contributed by atoms with E-state index in [-0.39, 0.29) is 4.90 Å². The van der Waals surface area contributed by atoms with Crippen LogP contribution < -0.4 is 4.90 Å². The number of aryl methyl sites for hydroxylation is 2. The van der Waals surface area contributed by atoms with Crippen molar-refractivity contribution >= 4 is 26.7 Å². The molecule has 0 amide bonds. The zero-order valence-corrected chi connectivity index (χ0v) is 17.9. The summed E-state index contributed by atoms with van der Waals surface area (Å²) in [5.41, 5.74) is 3.48. The summed E-state index contributed by atoms with van der Waals surface area (Å²) in [6.07, 6.45) is 1.68. The highest BCUT2D eigenvalue weighted by molar-refractivity contribution is 7.89. The fraction of sp³-hybridized carbons (Fsp3) is 0.333. The summed E-state index contributed by atoms with van der Waals surface area (Å²) >= 11 is 0. The van der Waals surface area contributed by atoms with Crippen molar-refractivity contribution in [2.24, 2.45) is 0 Å². The fourth-order valence-corrected chi connectivity index (χ4v) is 5.27. The van der Waals surface area contributed by atoms with Crippen LogP contribution in [-0.2, 0) is 10.0 Å². The molecule has 0 spiro atoms. The van der Waals surface area contributed by atoms with Gasteiger partial charge in [0.05, 0.1) is 11.2 Å². The van der Waals surface area contributed by atoms with Gasteiger partial charge in [-0.1, -0.05) is 12.1 Å². The van der Waals surface area contributed by atoms with Crippen LogP contribution in [0.4, 0.5) is 5.82 Å². The summed E-state index contributed by atoms with van der Waals surface area (Å²) in [4.78, 5) is 6.52. The van der Waals surface area contributed by atoms with Gasteiger partial charge in [0.1, 0.15) is 16.5 Å². The van der Waals surface area contributed by atoms with Gasteiger partial charge in [-0.2, -0.15) is 14.7 Å². The number of nitrogens with zero attached hydrogens (tertiary/aromatic N) is 6. The normalized spacial score (nSPS) is 15.3. The molecule has 3 aromatic rings. The number of hydrogen-bond acceptors (Lipinski definition) is 7. The minimum absolute atomic E-state index is 0.220. The lowest BCUT2D eigenvalue weighted by atomic mass is 10.1. The van der Waals surface area contributed by atoms with E-state index in [9.17, 15) is 13.7 Å². The van der Waals surface area contributed by atoms with Crippen LogP contribution in [0, 0.1) is 32.1 Å². The average molecular weight is 423 g/mol. The molecule has 8 nitrogen and oxygen atoms in total. The lowest BCUT2D eigenvalue weighted by Crippen LogP contribution is -2.49. The molecular formula is C21H22N6O2S. The maximum atomic E-state index is 13.3. The summed E-state index contributed by atoms with van der Waals surface area (Å²) in [5, 5.41) is 18.7. The van der Waals surface area contributed by atoms with Crippen molar-refractivity contribution in [2.75, 3.05) is 31.1 Å². The third-order valence-corrected chi connectivity index (χ3v) is 7.44. The van der Waals surface area contributed by atoms with Crippen LogP contribution in [0.2, 0.25) is 0 Å². The molecule has 3 heterocycles. The van der Waals surface area contributed by atoms with E-state index >= 15 is 0 Å². The van der Waals surface area contributed by atoms with Crippen molar-refractivity contribution in [3.05, 3.63) is 52.8 Å². The number of fused-ring (bicyclic) bond motifs is 1. The SMILES string of the molecule is Cc1cnc2c(S(=O)(=O)N3CCN(c4nnc(C)c(C)c4C#N)CC3)cccc2c1. The molecule has 0 unspecified atom stereocenters. The Morgan fingerprint density at radius 3 is 2.50 bits per heavy atom. The number of anilines is 1. The molecule has 1 fully saturated rings. The van der Waals surface area contributed by atoms with Crippen LogP contribution in [0.5, 0.6) is 0 Å².